The van der Waals surface area contributed by atoms with Gasteiger partial charge in [0.2, 0.25) is 0 Å². The zero-order valence-electron chi connectivity index (χ0n) is 12.2. The quantitative estimate of drug-likeness (QED) is 0.808. The number of amides is 1. The number of carbonyl (C=O) groups is 2. The SMILES string of the molecule is COc1ccccc1NC(=O)COn1cc(C(=O)O)ccc1=O. The van der Waals surface area contributed by atoms with Crippen molar-refractivity contribution in [1.82, 2.24) is 4.73 Å². The molecular weight excluding hydrogens is 304 g/mol. The molecule has 0 bridgehead atoms. The van der Waals surface area contributed by atoms with Gasteiger partial charge in [0.25, 0.3) is 11.5 Å². The highest BCUT2D eigenvalue weighted by Gasteiger charge is 2.10. The number of nitrogens with one attached hydrogen (secondary N) is 1. The van der Waals surface area contributed by atoms with Crippen LogP contribution in [0.15, 0.2) is 47.4 Å². The summed E-state index contributed by atoms with van der Waals surface area (Å²) in [6, 6.07) is 8.99. The Morgan fingerprint density at radius 2 is 1.96 bits per heavy atom. The molecule has 0 unspecified atom stereocenters. The van der Waals surface area contributed by atoms with Gasteiger partial charge in [-0.15, -0.1) is 0 Å². The van der Waals surface area contributed by atoms with Gasteiger partial charge in [-0.3, -0.25) is 9.59 Å². The zero-order chi connectivity index (χ0) is 16.8. The molecule has 0 aliphatic carbocycles. The third-order valence-corrected chi connectivity index (χ3v) is 2.84. The number of benzene rings is 1. The Balaban J connectivity index is 2.03. The van der Waals surface area contributed by atoms with E-state index in [2.05, 4.69) is 5.32 Å². The van der Waals surface area contributed by atoms with Crippen molar-refractivity contribution < 1.29 is 24.3 Å². The van der Waals surface area contributed by atoms with E-state index in [-0.39, 0.29) is 5.56 Å². The van der Waals surface area contributed by atoms with Gasteiger partial charge in [-0.2, -0.15) is 4.73 Å². The van der Waals surface area contributed by atoms with Crippen LogP contribution in [0.5, 0.6) is 5.75 Å². The minimum absolute atomic E-state index is 0.130. The van der Waals surface area contributed by atoms with Gasteiger partial charge in [0.05, 0.1) is 24.6 Å². The highest BCUT2D eigenvalue weighted by molar-refractivity contribution is 5.93. The topological polar surface area (TPSA) is 107 Å². The molecule has 0 fully saturated rings. The molecule has 2 rings (SSSR count). The van der Waals surface area contributed by atoms with Crippen molar-refractivity contribution in [2.24, 2.45) is 0 Å². The van der Waals surface area contributed by atoms with Crippen LogP contribution in [-0.2, 0) is 4.79 Å². The van der Waals surface area contributed by atoms with Crippen molar-refractivity contribution in [1.29, 1.82) is 0 Å². The lowest BCUT2D eigenvalue weighted by Crippen LogP contribution is -2.32. The van der Waals surface area contributed by atoms with Crippen LogP contribution in [-0.4, -0.2) is 35.4 Å². The molecule has 0 radical (unpaired) electrons. The summed E-state index contributed by atoms with van der Waals surface area (Å²) < 4.78 is 5.79. The maximum absolute atomic E-state index is 11.9. The summed E-state index contributed by atoms with van der Waals surface area (Å²) >= 11 is 0. The van der Waals surface area contributed by atoms with E-state index in [1.807, 2.05) is 0 Å². The van der Waals surface area contributed by atoms with E-state index in [0.29, 0.717) is 16.2 Å². The Hall–Kier alpha value is -3.29. The molecule has 0 saturated carbocycles. The number of carbonyl (C=O) groups excluding carboxylic acids is 1. The maximum atomic E-state index is 11.9. The number of ether oxygens (including phenoxy) is 1. The number of aromatic carboxylic acids is 1. The Morgan fingerprint density at radius 1 is 1.22 bits per heavy atom. The first kappa shape index (κ1) is 16.1. The van der Waals surface area contributed by atoms with E-state index in [0.717, 1.165) is 18.3 Å². The molecule has 8 nitrogen and oxygen atoms in total. The lowest BCUT2D eigenvalue weighted by molar-refractivity contribution is -0.120. The number of pyridine rings is 1. The molecule has 2 N–H and O–H groups in total. The summed E-state index contributed by atoms with van der Waals surface area (Å²) in [4.78, 5) is 39.3. The first-order chi connectivity index (χ1) is 11.0. The van der Waals surface area contributed by atoms with Crippen LogP contribution in [0.2, 0.25) is 0 Å². The monoisotopic (exact) mass is 318 g/mol. The fourth-order valence-corrected chi connectivity index (χ4v) is 1.76. The van der Waals surface area contributed by atoms with E-state index < -0.39 is 24.0 Å². The molecule has 120 valence electrons. The van der Waals surface area contributed by atoms with Gasteiger partial charge in [-0.05, 0) is 18.2 Å². The van der Waals surface area contributed by atoms with E-state index >= 15 is 0 Å². The average Bonchev–Trinajstić information content (AvgIpc) is 2.54. The van der Waals surface area contributed by atoms with Crippen molar-refractivity contribution in [3.05, 3.63) is 58.5 Å². The molecule has 1 amide bonds. The van der Waals surface area contributed by atoms with Crippen LogP contribution in [0.25, 0.3) is 0 Å². The van der Waals surface area contributed by atoms with Crippen LogP contribution in [0.4, 0.5) is 5.69 Å². The van der Waals surface area contributed by atoms with E-state index in [9.17, 15) is 14.4 Å². The highest BCUT2D eigenvalue weighted by atomic mass is 16.7. The maximum Gasteiger partial charge on any atom is 0.337 e. The smallest absolute Gasteiger partial charge is 0.337 e. The van der Waals surface area contributed by atoms with Crippen molar-refractivity contribution in [2.75, 3.05) is 19.0 Å². The van der Waals surface area contributed by atoms with Gasteiger partial charge in [-0.25, -0.2) is 4.79 Å². The molecule has 0 atom stereocenters. The van der Waals surface area contributed by atoms with Crippen LogP contribution >= 0.6 is 0 Å². The molecule has 1 aromatic carbocycles. The third kappa shape index (κ3) is 4.10. The minimum atomic E-state index is -1.21. The first-order valence-electron chi connectivity index (χ1n) is 6.53. The first-order valence-corrected chi connectivity index (χ1v) is 6.53. The lowest BCUT2D eigenvalue weighted by Gasteiger charge is -2.11. The Labute approximate surface area is 130 Å². The largest absolute Gasteiger partial charge is 0.495 e. The van der Waals surface area contributed by atoms with Crippen LogP contribution < -0.4 is 20.5 Å². The molecule has 23 heavy (non-hydrogen) atoms. The number of carboxylic acids is 1. The molecular formula is C15H14N2O6. The van der Waals surface area contributed by atoms with Crippen molar-refractivity contribution in [3.8, 4) is 5.75 Å². The second kappa shape index (κ2) is 7.12. The van der Waals surface area contributed by atoms with Crippen molar-refractivity contribution >= 4 is 17.6 Å². The molecule has 1 aromatic heterocycles. The van der Waals surface area contributed by atoms with Crippen LogP contribution in [0.3, 0.4) is 0 Å². The molecule has 0 spiro atoms. The number of carboxylic acid groups (broad SMARTS) is 1. The Bertz CT molecular complexity index is 784. The predicted octanol–water partition coefficient (Wildman–Crippen LogP) is 0.622. The average molecular weight is 318 g/mol. The fourth-order valence-electron chi connectivity index (χ4n) is 1.76. The summed E-state index contributed by atoms with van der Waals surface area (Å²) in [6.07, 6.45) is 1.00. The number of nitrogens with zero attached hydrogens (tertiary/aromatic N) is 1. The second-order valence-corrected chi connectivity index (χ2v) is 4.41. The molecule has 0 aliphatic rings. The van der Waals surface area contributed by atoms with Gasteiger partial charge < -0.3 is 20.0 Å². The predicted molar refractivity (Wildman–Crippen MR) is 80.7 cm³/mol. The normalized spacial score (nSPS) is 9.96. The summed E-state index contributed by atoms with van der Waals surface area (Å²) in [7, 11) is 1.47. The van der Waals surface area contributed by atoms with Crippen molar-refractivity contribution in [3.63, 3.8) is 0 Å². The van der Waals surface area contributed by atoms with E-state index in [1.165, 1.54) is 7.11 Å². The number of anilines is 1. The number of hydrogen-bond donors (Lipinski definition) is 2. The molecule has 0 saturated heterocycles. The van der Waals surface area contributed by atoms with Crippen LogP contribution in [0.1, 0.15) is 10.4 Å². The van der Waals surface area contributed by atoms with Crippen molar-refractivity contribution in [2.45, 2.75) is 0 Å². The fraction of sp³-hybridized carbons (Fsp3) is 0.133. The second-order valence-electron chi connectivity index (χ2n) is 4.41. The molecule has 2 aromatic rings. The summed E-state index contributed by atoms with van der Waals surface area (Å²) in [5, 5.41) is 11.4. The summed E-state index contributed by atoms with van der Waals surface area (Å²) in [5.41, 5.74) is -0.259. The standard InChI is InChI=1S/C15H14N2O6/c1-22-12-5-3-2-4-11(12)16-13(18)9-23-17-8-10(15(20)21)6-7-14(17)19/h2-8H,9H2,1H3,(H,16,18)(H,20,21). The summed E-state index contributed by atoms with van der Waals surface area (Å²) in [6.45, 7) is -0.471. The minimum Gasteiger partial charge on any atom is -0.495 e. The molecule has 8 heteroatoms. The highest BCUT2D eigenvalue weighted by Crippen LogP contribution is 2.22. The van der Waals surface area contributed by atoms with Gasteiger partial charge in [-0.1, -0.05) is 12.1 Å². The van der Waals surface area contributed by atoms with Gasteiger partial charge in [0.15, 0.2) is 6.61 Å². The number of para-hydroxylation sites is 2. The zero-order valence-corrected chi connectivity index (χ0v) is 12.2. The van der Waals surface area contributed by atoms with Gasteiger partial charge in [0.1, 0.15) is 5.75 Å². The van der Waals surface area contributed by atoms with E-state index in [1.54, 1.807) is 24.3 Å². The Kier molecular flexibility index (Phi) is 4.98. The number of aromatic nitrogens is 1. The third-order valence-electron chi connectivity index (χ3n) is 2.84. The van der Waals surface area contributed by atoms with E-state index in [4.69, 9.17) is 14.7 Å². The number of rotatable bonds is 6. The number of methoxy groups -OCH3 is 1. The Morgan fingerprint density at radius 3 is 2.65 bits per heavy atom. The lowest BCUT2D eigenvalue weighted by atomic mass is 10.3. The number of hydrogen-bond acceptors (Lipinski definition) is 5. The van der Waals surface area contributed by atoms with Gasteiger partial charge >= 0.3 is 5.97 Å². The molecule has 1 heterocycles. The molecule has 0 aliphatic heterocycles. The van der Waals surface area contributed by atoms with Crippen LogP contribution in [0, 0.1) is 0 Å². The summed E-state index contributed by atoms with van der Waals surface area (Å²) in [5.74, 6) is -1.26. The van der Waals surface area contributed by atoms with Gasteiger partial charge in [0, 0.05) is 6.07 Å².